The van der Waals surface area contributed by atoms with Crippen molar-refractivity contribution in [3.63, 3.8) is 0 Å². The zero-order chi connectivity index (χ0) is 9.35. The summed E-state index contributed by atoms with van der Waals surface area (Å²) in [5.41, 5.74) is -0.0206. The standard InChI is InChI=1S/C8H13IN2O/c1-5(9)6-10-7(11-12-6)8(2,3)4/h5H,1-4H3. The van der Waals surface area contributed by atoms with Crippen molar-refractivity contribution in [2.24, 2.45) is 0 Å². The van der Waals surface area contributed by atoms with E-state index in [9.17, 15) is 0 Å². The van der Waals surface area contributed by atoms with Crippen LogP contribution in [0.15, 0.2) is 4.52 Å². The molecule has 0 saturated heterocycles. The molecular formula is C8H13IN2O. The van der Waals surface area contributed by atoms with Gasteiger partial charge < -0.3 is 4.52 Å². The fraction of sp³-hybridized carbons (Fsp3) is 0.750. The van der Waals surface area contributed by atoms with Crippen LogP contribution in [0.1, 0.15) is 43.3 Å². The molecule has 1 heterocycles. The Morgan fingerprint density at radius 1 is 1.42 bits per heavy atom. The van der Waals surface area contributed by atoms with Gasteiger partial charge in [-0.2, -0.15) is 4.98 Å². The van der Waals surface area contributed by atoms with Gasteiger partial charge >= 0.3 is 0 Å². The fourth-order valence-electron chi connectivity index (χ4n) is 0.701. The Balaban J connectivity index is 2.92. The minimum Gasteiger partial charge on any atom is -0.338 e. The van der Waals surface area contributed by atoms with Gasteiger partial charge in [0.05, 0.1) is 3.92 Å². The molecule has 1 aromatic rings. The molecule has 0 bridgehead atoms. The van der Waals surface area contributed by atoms with Crippen molar-refractivity contribution in [1.29, 1.82) is 0 Å². The van der Waals surface area contributed by atoms with E-state index in [4.69, 9.17) is 4.52 Å². The van der Waals surface area contributed by atoms with Crippen LogP contribution in [0.4, 0.5) is 0 Å². The largest absolute Gasteiger partial charge is 0.338 e. The van der Waals surface area contributed by atoms with Crippen LogP contribution in [-0.4, -0.2) is 10.1 Å². The molecule has 12 heavy (non-hydrogen) atoms. The summed E-state index contributed by atoms with van der Waals surface area (Å²) in [6.07, 6.45) is 0. The second-order valence-corrected chi connectivity index (χ2v) is 5.69. The maximum atomic E-state index is 5.08. The van der Waals surface area contributed by atoms with E-state index < -0.39 is 0 Å². The van der Waals surface area contributed by atoms with Crippen LogP contribution in [-0.2, 0) is 5.41 Å². The summed E-state index contributed by atoms with van der Waals surface area (Å²) in [6.45, 7) is 8.24. The maximum absolute atomic E-state index is 5.08. The van der Waals surface area contributed by atoms with Crippen molar-refractivity contribution in [2.75, 3.05) is 0 Å². The summed E-state index contributed by atoms with van der Waals surface area (Å²) in [7, 11) is 0. The van der Waals surface area contributed by atoms with Crippen LogP contribution in [0, 0.1) is 0 Å². The Labute approximate surface area is 86.1 Å². The van der Waals surface area contributed by atoms with Gasteiger partial charge in [0.25, 0.3) is 0 Å². The molecule has 3 nitrogen and oxygen atoms in total. The highest BCUT2D eigenvalue weighted by Crippen LogP contribution is 2.24. The monoisotopic (exact) mass is 280 g/mol. The molecule has 1 rings (SSSR count). The molecule has 68 valence electrons. The minimum absolute atomic E-state index is 0.0206. The van der Waals surface area contributed by atoms with Crippen molar-refractivity contribution >= 4 is 22.6 Å². The summed E-state index contributed by atoms with van der Waals surface area (Å²) in [5.74, 6) is 1.49. The van der Waals surface area contributed by atoms with E-state index in [0.717, 1.165) is 5.82 Å². The zero-order valence-corrected chi connectivity index (χ0v) is 9.92. The van der Waals surface area contributed by atoms with Crippen LogP contribution < -0.4 is 0 Å². The highest BCUT2D eigenvalue weighted by Gasteiger charge is 2.21. The number of rotatable bonds is 1. The number of halogens is 1. The lowest BCUT2D eigenvalue weighted by Crippen LogP contribution is -2.13. The van der Waals surface area contributed by atoms with E-state index in [0.29, 0.717) is 5.89 Å². The lowest BCUT2D eigenvalue weighted by atomic mass is 9.96. The second-order valence-electron chi connectivity index (χ2n) is 3.82. The van der Waals surface area contributed by atoms with Gasteiger partial charge in [-0.3, -0.25) is 0 Å². The molecule has 0 spiro atoms. The van der Waals surface area contributed by atoms with Gasteiger partial charge in [0.1, 0.15) is 0 Å². The molecule has 0 saturated carbocycles. The van der Waals surface area contributed by atoms with Gasteiger partial charge in [-0.25, -0.2) is 0 Å². The average molecular weight is 280 g/mol. The third kappa shape index (κ3) is 2.18. The molecule has 0 aliphatic carbocycles. The fourth-order valence-corrected chi connectivity index (χ4v) is 0.954. The van der Waals surface area contributed by atoms with Gasteiger partial charge in [0.15, 0.2) is 5.82 Å². The van der Waals surface area contributed by atoms with Crippen LogP contribution in [0.5, 0.6) is 0 Å². The van der Waals surface area contributed by atoms with Crippen LogP contribution >= 0.6 is 22.6 Å². The van der Waals surface area contributed by atoms with E-state index in [-0.39, 0.29) is 9.34 Å². The maximum Gasteiger partial charge on any atom is 0.239 e. The minimum atomic E-state index is -0.0206. The van der Waals surface area contributed by atoms with E-state index in [1.54, 1.807) is 0 Å². The van der Waals surface area contributed by atoms with Crippen molar-refractivity contribution in [1.82, 2.24) is 10.1 Å². The quantitative estimate of drug-likeness (QED) is 0.586. The first kappa shape index (κ1) is 9.95. The molecule has 0 aromatic carbocycles. The van der Waals surface area contributed by atoms with E-state index >= 15 is 0 Å². The number of aromatic nitrogens is 2. The van der Waals surface area contributed by atoms with Gasteiger partial charge in [0.2, 0.25) is 5.89 Å². The van der Waals surface area contributed by atoms with Crippen LogP contribution in [0.25, 0.3) is 0 Å². The lowest BCUT2D eigenvalue weighted by Gasteiger charge is -2.10. The predicted octanol–water partition coefficient (Wildman–Crippen LogP) is 2.86. The number of hydrogen-bond acceptors (Lipinski definition) is 3. The topological polar surface area (TPSA) is 38.9 Å². The Hall–Kier alpha value is -0.130. The van der Waals surface area contributed by atoms with Crippen molar-refractivity contribution in [3.05, 3.63) is 11.7 Å². The SMILES string of the molecule is CC(I)c1nc(C(C)(C)C)no1. The number of hydrogen-bond donors (Lipinski definition) is 0. The third-order valence-electron chi connectivity index (χ3n) is 1.45. The van der Waals surface area contributed by atoms with Crippen molar-refractivity contribution in [2.45, 2.75) is 37.0 Å². The third-order valence-corrected chi connectivity index (χ3v) is 1.99. The van der Waals surface area contributed by atoms with Gasteiger partial charge in [0, 0.05) is 5.41 Å². The first-order valence-corrected chi connectivity index (χ1v) is 5.14. The molecule has 0 amide bonds. The molecule has 1 aromatic heterocycles. The van der Waals surface area contributed by atoms with E-state index in [1.165, 1.54) is 0 Å². The molecule has 0 aliphatic rings. The Morgan fingerprint density at radius 3 is 2.25 bits per heavy atom. The highest BCUT2D eigenvalue weighted by atomic mass is 127. The lowest BCUT2D eigenvalue weighted by molar-refractivity contribution is 0.366. The number of nitrogens with zero attached hydrogens (tertiary/aromatic N) is 2. The molecule has 0 fully saturated rings. The molecule has 4 heteroatoms. The molecule has 0 radical (unpaired) electrons. The smallest absolute Gasteiger partial charge is 0.239 e. The Morgan fingerprint density at radius 2 is 2.00 bits per heavy atom. The Kier molecular flexibility index (Phi) is 2.75. The summed E-state index contributed by atoms with van der Waals surface area (Å²) in [4.78, 5) is 4.30. The summed E-state index contributed by atoms with van der Waals surface area (Å²) in [6, 6.07) is 0. The molecule has 0 N–H and O–H groups in total. The normalized spacial score (nSPS) is 14.8. The van der Waals surface area contributed by atoms with Crippen molar-refractivity contribution < 1.29 is 4.52 Å². The average Bonchev–Trinajstić information content (AvgIpc) is 2.30. The molecule has 1 unspecified atom stereocenters. The second kappa shape index (κ2) is 3.32. The zero-order valence-electron chi connectivity index (χ0n) is 7.76. The summed E-state index contributed by atoms with van der Waals surface area (Å²) in [5, 5.41) is 3.92. The van der Waals surface area contributed by atoms with Gasteiger partial charge in [-0.15, -0.1) is 0 Å². The summed E-state index contributed by atoms with van der Waals surface area (Å²) < 4.78 is 5.37. The highest BCUT2D eigenvalue weighted by molar-refractivity contribution is 14.1. The van der Waals surface area contributed by atoms with E-state index in [1.807, 2.05) is 6.92 Å². The molecule has 0 aliphatic heterocycles. The summed E-state index contributed by atoms with van der Waals surface area (Å²) >= 11 is 2.25. The predicted molar refractivity (Wildman–Crippen MR) is 55.4 cm³/mol. The first-order valence-electron chi connectivity index (χ1n) is 3.89. The van der Waals surface area contributed by atoms with Crippen LogP contribution in [0.3, 0.4) is 0 Å². The van der Waals surface area contributed by atoms with Crippen LogP contribution in [0.2, 0.25) is 0 Å². The first-order chi connectivity index (χ1) is 5.41. The molecular weight excluding hydrogens is 267 g/mol. The van der Waals surface area contributed by atoms with Gasteiger partial charge in [-0.1, -0.05) is 48.5 Å². The number of alkyl halides is 1. The van der Waals surface area contributed by atoms with E-state index in [2.05, 4.69) is 53.5 Å². The van der Waals surface area contributed by atoms with Crippen molar-refractivity contribution in [3.8, 4) is 0 Å². The Bertz CT molecular complexity index is 262. The van der Waals surface area contributed by atoms with Gasteiger partial charge in [-0.05, 0) is 6.92 Å². The molecule has 1 atom stereocenters.